The number of carbonyl (C=O) groups is 1. The van der Waals surface area contributed by atoms with E-state index < -0.39 is 0 Å². The van der Waals surface area contributed by atoms with Crippen LogP contribution in [0.2, 0.25) is 0 Å². The van der Waals surface area contributed by atoms with Crippen molar-refractivity contribution in [2.24, 2.45) is 0 Å². The quantitative estimate of drug-likeness (QED) is 0.848. The van der Waals surface area contributed by atoms with Crippen molar-refractivity contribution in [2.45, 2.75) is 13.0 Å². The van der Waals surface area contributed by atoms with Gasteiger partial charge in [-0.15, -0.1) is 0 Å². The van der Waals surface area contributed by atoms with Crippen molar-refractivity contribution in [1.29, 1.82) is 0 Å². The van der Waals surface area contributed by atoms with Gasteiger partial charge >= 0.3 is 6.09 Å². The highest BCUT2D eigenvalue weighted by molar-refractivity contribution is 5.67. The van der Waals surface area contributed by atoms with Gasteiger partial charge < -0.3 is 9.64 Å². The number of nitrogens with zero attached hydrogens (tertiary/aromatic N) is 3. The molecule has 1 aromatic carbocycles. The molecule has 24 heavy (non-hydrogen) atoms. The molecule has 0 bridgehead atoms. The summed E-state index contributed by atoms with van der Waals surface area (Å²) in [5, 5.41) is 0. The molecule has 2 heterocycles. The van der Waals surface area contributed by atoms with Gasteiger partial charge in [0.05, 0.1) is 0 Å². The van der Waals surface area contributed by atoms with Gasteiger partial charge in [0.25, 0.3) is 0 Å². The van der Waals surface area contributed by atoms with Crippen molar-refractivity contribution >= 4 is 6.09 Å². The van der Waals surface area contributed by atoms with Gasteiger partial charge in [0.15, 0.2) is 0 Å². The summed E-state index contributed by atoms with van der Waals surface area (Å²) < 4.78 is 5.39. The molecule has 5 heteroatoms. The minimum Gasteiger partial charge on any atom is -0.445 e. The lowest BCUT2D eigenvalue weighted by Gasteiger charge is -2.34. The Morgan fingerprint density at radius 2 is 1.67 bits per heavy atom. The first-order valence-corrected chi connectivity index (χ1v) is 8.38. The molecule has 0 N–H and O–H groups in total. The fourth-order valence-corrected chi connectivity index (χ4v) is 2.80. The Bertz CT molecular complexity index is 626. The molecule has 0 atom stereocenters. The third kappa shape index (κ3) is 4.80. The highest BCUT2D eigenvalue weighted by Gasteiger charge is 2.21. The van der Waals surface area contributed by atoms with Gasteiger partial charge in [0, 0.05) is 45.1 Å². The molecular weight excluding hydrogens is 302 g/mol. The van der Waals surface area contributed by atoms with E-state index in [1.807, 2.05) is 42.7 Å². The average molecular weight is 325 g/mol. The van der Waals surface area contributed by atoms with Crippen molar-refractivity contribution in [3.8, 4) is 0 Å². The zero-order chi connectivity index (χ0) is 16.6. The molecule has 0 spiro atoms. The molecule has 2 aromatic rings. The van der Waals surface area contributed by atoms with Gasteiger partial charge in [-0.1, -0.05) is 30.3 Å². The van der Waals surface area contributed by atoms with Crippen LogP contribution in [0.1, 0.15) is 11.1 Å². The van der Waals surface area contributed by atoms with Gasteiger partial charge in [-0.25, -0.2) is 4.79 Å². The van der Waals surface area contributed by atoms with Crippen LogP contribution in [-0.2, 0) is 17.8 Å². The minimum atomic E-state index is -0.215. The van der Waals surface area contributed by atoms with E-state index >= 15 is 0 Å². The molecule has 0 unspecified atom stereocenters. The molecule has 1 saturated heterocycles. The number of amides is 1. The smallest absolute Gasteiger partial charge is 0.410 e. The van der Waals surface area contributed by atoms with Crippen LogP contribution in [0, 0.1) is 0 Å². The Morgan fingerprint density at radius 3 is 2.38 bits per heavy atom. The summed E-state index contributed by atoms with van der Waals surface area (Å²) >= 11 is 0. The second kappa shape index (κ2) is 8.45. The molecule has 1 aromatic heterocycles. The molecule has 1 fully saturated rings. The lowest BCUT2D eigenvalue weighted by molar-refractivity contribution is 0.0719. The van der Waals surface area contributed by atoms with Gasteiger partial charge in [-0.05, 0) is 29.7 Å². The molecule has 5 nitrogen and oxygen atoms in total. The first-order valence-electron chi connectivity index (χ1n) is 8.38. The van der Waals surface area contributed by atoms with E-state index in [0.717, 1.165) is 44.7 Å². The van der Waals surface area contributed by atoms with Crippen LogP contribution in [0.4, 0.5) is 4.79 Å². The highest BCUT2D eigenvalue weighted by atomic mass is 16.6. The number of ether oxygens (including phenoxy) is 1. The Morgan fingerprint density at radius 1 is 0.958 bits per heavy atom. The number of rotatable bonds is 5. The van der Waals surface area contributed by atoms with Gasteiger partial charge in [0.2, 0.25) is 0 Å². The average Bonchev–Trinajstić information content (AvgIpc) is 2.66. The van der Waals surface area contributed by atoms with Crippen LogP contribution in [0.15, 0.2) is 54.9 Å². The SMILES string of the molecule is O=C(OCc1ccccc1)N1CCN(CCc2ccncc2)CC1. The second-order valence-electron chi connectivity index (χ2n) is 5.97. The summed E-state index contributed by atoms with van der Waals surface area (Å²) in [4.78, 5) is 20.4. The lowest BCUT2D eigenvalue weighted by atomic mass is 10.2. The van der Waals surface area contributed by atoms with E-state index in [4.69, 9.17) is 4.74 Å². The predicted octanol–water partition coefficient (Wildman–Crippen LogP) is 2.58. The Balaban J connectivity index is 1.37. The zero-order valence-electron chi connectivity index (χ0n) is 13.8. The normalized spacial score (nSPS) is 15.2. The molecule has 0 aliphatic carbocycles. The van der Waals surface area contributed by atoms with E-state index in [2.05, 4.69) is 22.0 Å². The van der Waals surface area contributed by atoms with E-state index in [1.165, 1.54) is 5.56 Å². The number of benzene rings is 1. The summed E-state index contributed by atoms with van der Waals surface area (Å²) in [6, 6.07) is 13.9. The second-order valence-corrected chi connectivity index (χ2v) is 5.97. The fourth-order valence-electron chi connectivity index (χ4n) is 2.80. The van der Waals surface area contributed by atoms with E-state index in [9.17, 15) is 4.79 Å². The van der Waals surface area contributed by atoms with Crippen LogP contribution in [0.25, 0.3) is 0 Å². The van der Waals surface area contributed by atoms with Crippen LogP contribution in [0.5, 0.6) is 0 Å². The standard InChI is InChI=1S/C19H23N3O2/c23-19(24-16-18-4-2-1-3-5-18)22-14-12-21(13-15-22)11-8-17-6-9-20-10-7-17/h1-7,9-10H,8,11-16H2. The highest BCUT2D eigenvalue weighted by Crippen LogP contribution is 2.08. The van der Waals surface area contributed by atoms with Gasteiger partial charge in [-0.2, -0.15) is 0 Å². The number of hydrogen-bond donors (Lipinski definition) is 0. The zero-order valence-corrected chi connectivity index (χ0v) is 13.8. The Labute approximate surface area is 142 Å². The third-order valence-corrected chi connectivity index (χ3v) is 4.30. The maximum absolute atomic E-state index is 12.1. The van der Waals surface area contributed by atoms with Crippen LogP contribution in [-0.4, -0.2) is 53.6 Å². The van der Waals surface area contributed by atoms with Crippen molar-refractivity contribution < 1.29 is 9.53 Å². The number of aromatic nitrogens is 1. The van der Waals surface area contributed by atoms with Crippen LogP contribution < -0.4 is 0 Å². The summed E-state index contributed by atoms with van der Waals surface area (Å²) in [5.41, 5.74) is 2.32. The van der Waals surface area contributed by atoms with Gasteiger partial charge in [0.1, 0.15) is 6.61 Å². The van der Waals surface area contributed by atoms with E-state index in [1.54, 1.807) is 4.90 Å². The first kappa shape index (κ1) is 16.5. The van der Waals surface area contributed by atoms with Crippen LogP contribution >= 0.6 is 0 Å². The summed E-state index contributed by atoms with van der Waals surface area (Å²) in [6.07, 6.45) is 4.46. The third-order valence-electron chi connectivity index (χ3n) is 4.30. The molecular formula is C19H23N3O2. The van der Waals surface area contributed by atoms with Crippen molar-refractivity contribution in [2.75, 3.05) is 32.7 Å². The molecule has 126 valence electrons. The van der Waals surface area contributed by atoms with Crippen molar-refractivity contribution in [3.05, 3.63) is 66.0 Å². The number of piperazine rings is 1. The molecule has 1 amide bonds. The number of pyridine rings is 1. The molecule has 3 rings (SSSR count). The molecule has 0 saturated carbocycles. The fraction of sp³-hybridized carbons (Fsp3) is 0.368. The molecule has 0 radical (unpaired) electrons. The predicted molar refractivity (Wildman–Crippen MR) is 92.6 cm³/mol. The van der Waals surface area contributed by atoms with Gasteiger partial charge in [-0.3, -0.25) is 9.88 Å². The lowest BCUT2D eigenvalue weighted by Crippen LogP contribution is -2.49. The molecule has 1 aliphatic heterocycles. The Hall–Kier alpha value is -2.40. The maximum Gasteiger partial charge on any atom is 0.410 e. The summed E-state index contributed by atoms with van der Waals surface area (Å²) in [6.45, 7) is 4.59. The number of hydrogen-bond acceptors (Lipinski definition) is 4. The Kier molecular flexibility index (Phi) is 5.80. The first-order chi connectivity index (χ1) is 11.8. The van der Waals surface area contributed by atoms with Crippen molar-refractivity contribution in [1.82, 2.24) is 14.8 Å². The van der Waals surface area contributed by atoms with Crippen molar-refractivity contribution in [3.63, 3.8) is 0 Å². The van der Waals surface area contributed by atoms with E-state index in [0.29, 0.717) is 6.61 Å². The maximum atomic E-state index is 12.1. The summed E-state index contributed by atoms with van der Waals surface area (Å²) in [5.74, 6) is 0. The monoisotopic (exact) mass is 325 g/mol. The number of carbonyl (C=O) groups excluding carboxylic acids is 1. The van der Waals surface area contributed by atoms with E-state index in [-0.39, 0.29) is 6.09 Å². The molecule has 1 aliphatic rings. The minimum absolute atomic E-state index is 0.215. The topological polar surface area (TPSA) is 45.7 Å². The summed E-state index contributed by atoms with van der Waals surface area (Å²) in [7, 11) is 0. The largest absolute Gasteiger partial charge is 0.445 e. The van der Waals surface area contributed by atoms with Crippen LogP contribution in [0.3, 0.4) is 0 Å².